The summed E-state index contributed by atoms with van der Waals surface area (Å²) in [6, 6.07) is 2.46. The lowest BCUT2D eigenvalue weighted by molar-refractivity contribution is 0.0745. The van der Waals surface area contributed by atoms with Crippen LogP contribution in [0.1, 0.15) is 68.0 Å². The number of rotatable bonds is 4. The Bertz CT molecular complexity index is 807. The Morgan fingerprint density at radius 1 is 1.40 bits per heavy atom. The van der Waals surface area contributed by atoms with Gasteiger partial charge in [-0.15, -0.1) is 0 Å². The Morgan fingerprint density at radius 3 is 2.76 bits per heavy atom. The van der Waals surface area contributed by atoms with E-state index in [1.54, 1.807) is 6.20 Å². The van der Waals surface area contributed by atoms with Crippen molar-refractivity contribution in [1.82, 2.24) is 19.7 Å². The first-order chi connectivity index (χ1) is 12.0. The summed E-state index contributed by atoms with van der Waals surface area (Å²) in [6.07, 6.45) is 5.11. The van der Waals surface area contributed by atoms with Gasteiger partial charge in [0.25, 0.3) is 5.91 Å². The highest BCUT2D eigenvalue weighted by molar-refractivity contribution is 6.05. The molecule has 4 rings (SSSR count). The molecule has 2 aromatic heterocycles. The van der Waals surface area contributed by atoms with E-state index in [2.05, 4.69) is 25.9 Å². The smallest absolute Gasteiger partial charge is 0.254 e. The molecule has 2 atom stereocenters. The highest BCUT2D eigenvalue weighted by Crippen LogP contribution is 2.40. The van der Waals surface area contributed by atoms with E-state index in [1.807, 2.05) is 15.6 Å². The predicted octanol–water partition coefficient (Wildman–Crippen LogP) is 2.70. The van der Waals surface area contributed by atoms with Crippen LogP contribution < -0.4 is 5.73 Å². The topological polar surface area (TPSA) is 77.0 Å². The normalized spacial score (nSPS) is 23.8. The van der Waals surface area contributed by atoms with Crippen molar-refractivity contribution >= 4 is 16.9 Å². The van der Waals surface area contributed by atoms with Crippen LogP contribution in [0.2, 0.25) is 0 Å². The van der Waals surface area contributed by atoms with Gasteiger partial charge in [0.2, 0.25) is 0 Å². The van der Waals surface area contributed by atoms with Crippen molar-refractivity contribution in [3.05, 3.63) is 23.5 Å². The van der Waals surface area contributed by atoms with Crippen molar-refractivity contribution in [2.75, 3.05) is 13.1 Å². The van der Waals surface area contributed by atoms with Crippen LogP contribution in [0.5, 0.6) is 0 Å². The Balaban J connectivity index is 1.79. The average molecular weight is 341 g/mol. The lowest BCUT2D eigenvalue weighted by Crippen LogP contribution is -2.34. The Morgan fingerprint density at radius 2 is 2.16 bits per heavy atom. The largest absolute Gasteiger partial charge is 0.336 e. The van der Waals surface area contributed by atoms with Crippen LogP contribution in [0, 0.1) is 5.92 Å². The molecule has 6 heteroatoms. The van der Waals surface area contributed by atoms with Crippen LogP contribution in [0.3, 0.4) is 0 Å². The third-order valence-corrected chi connectivity index (χ3v) is 5.56. The molecule has 2 unspecified atom stereocenters. The van der Waals surface area contributed by atoms with Crippen LogP contribution >= 0.6 is 0 Å². The summed E-state index contributed by atoms with van der Waals surface area (Å²) in [5, 5.41) is 5.37. The zero-order valence-corrected chi connectivity index (χ0v) is 15.3. The molecule has 0 aromatic carbocycles. The lowest BCUT2D eigenvalue weighted by atomic mass is 10.1. The van der Waals surface area contributed by atoms with Gasteiger partial charge in [-0.3, -0.25) is 4.79 Å². The third kappa shape index (κ3) is 2.82. The molecule has 6 nitrogen and oxygen atoms in total. The quantitative estimate of drug-likeness (QED) is 0.927. The Kier molecular flexibility index (Phi) is 4.02. The van der Waals surface area contributed by atoms with Crippen LogP contribution in [0.25, 0.3) is 11.0 Å². The number of nitrogens with two attached hydrogens (primary N) is 1. The first-order valence-corrected chi connectivity index (χ1v) is 9.38. The number of aromatic nitrogens is 3. The van der Waals surface area contributed by atoms with Crippen molar-refractivity contribution in [1.29, 1.82) is 0 Å². The minimum atomic E-state index is 0.0982. The number of hydrogen-bond acceptors (Lipinski definition) is 4. The monoisotopic (exact) mass is 341 g/mol. The summed E-state index contributed by atoms with van der Waals surface area (Å²) in [5.74, 6) is 0.998. The zero-order chi connectivity index (χ0) is 17.7. The summed E-state index contributed by atoms with van der Waals surface area (Å²) in [7, 11) is 0. The van der Waals surface area contributed by atoms with E-state index < -0.39 is 0 Å². The molecular formula is C19H27N5O. The Labute approximate surface area is 148 Å². The van der Waals surface area contributed by atoms with Gasteiger partial charge in [0.05, 0.1) is 17.1 Å². The molecule has 2 aliphatic rings. The van der Waals surface area contributed by atoms with Gasteiger partial charge in [-0.2, -0.15) is 5.10 Å². The molecule has 25 heavy (non-hydrogen) atoms. The maximum atomic E-state index is 13.3. The van der Waals surface area contributed by atoms with Crippen LogP contribution in [0.15, 0.2) is 12.3 Å². The molecule has 1 saturated carbocycles. The standard InChI is InChI=1S/C19H27N5O/c1-11(2)24-18-16(9-21-24)15(7-17(22-18)14-4-5-14)19(25)23-10-13(8-20)6-12(23)3/h7,9,11-14H,4-6,8,10,20H2,1-3H3. The third-order valence-electron chi connectivity index (χ3n) is 5.56. The predicted molar refractivity (Wildman–Crippen MR) is 97.5 cm³/mol. The van der Waals surface area contributed by atoms with Crippen molar-refractivity contribution < 1.29 is 4.79 Å². The number of carbonyl (C=O) groups is 1. The molecule has 1 amide bonds. The second-order valence-corrected chi connectivity index (χ2v) is 7.93. The maximum absolute atomic E-state index is 13.3. The van der Waals surface area contributed by atoms with E-state index in [4.69, 9.17) is 10.7 Å². The molecule has 1 saturated heterocycles. The number of fused-ring (bicyclic) bond motifs is 1. The van der Waals surface area contributed by atoms with Crippen LogP contribution in [-0.4, -0.2) is 44.7 Å². The van der Waals surface area contributed by atoms with Gasteiger partial charge in [0.1, 0.15) is 0 Å². The van der Waals surface area contributed by atoms with Crippen LogP contribution in [0.4, 0.5) is 0 Å². The van der Waals surface area contributed by atoms with Crippen molar-refractivity contribution in [2.24, 2.45) is 11.7 Å². The second-order valence-electron chi connectivity index (χ2n) is 7.93. The molecule has 1 aliphatic carbocycles. The highest BCUT2D eigenvalue weighted by Gasteiger charge is 2.34. The number of carbonyl (C=O) groups excluding carboxylic acids is 1. The van der Waals surface area contributed by atoms with Gasteiger partial charge in [0.15, 0.2) is 5.65 Å². The molecule has 2 fully saturated rings. The minimum Gasteiger partial charge on any atom is -0.336 e. The highest BCUT2D eigenvalue weighted by atomic mass is 16.2. The maximum Gasteiger partial charge on any atom is 0.254 e. The number of amides is 1. The van der Waals surface area contributed by atoms with Crippen molar-refractivity contribution in [2.45, 2.75) is 58.0 Å². The SMILES string of the molecule is CC1CC(CN)CN1C(=O)c1cc(C2CC2)nc2c1cnn2C(C)C. The summed E-state index contributed by atoms with van der Waals surface area (Å²) in [5.41, 5.74) is 8.47. The van der Waals surface area contributed by atoms with E-state index >= 15 is 0 Å². The molecule has 3 heterocycles. The first-order valence-electron chi connectivity index (χ1n) is 9.38. The number of pyridine rings is 1. The van der Waals surface area contributed by atoms with Gasteiger partial charge < -0.3 is 10.6 Å². The first kappa shape index (κ1) is 16.5. The fourth-order valence-electron chi connectivity index (χ4n) is 3.93. The Hall–Kier alpha value is -1.95. The summed E-state index contributed by atoms with van der Waals surface area (Å²) >= 11 is 0. The number of nitrogens with zero attached hydrogens (tertiary/aromatic N) is 4. The number of hydrogen-bond donors (Lipinski definition) is 1. The van der Waals surface area contributed by atoms with Crippen LogP contribution in [-0.2, 0) is 0 Å². The second kappa shape index (κ2) is 6.09. The number of likely N-dealkylation sites (tertiary alicyclic amines) is 1. The molecule has 0 radical (unpaired) electrons. The molecule has 0 bridgehead atoms. The summed E-state index contributed by atoms with van der Waals surface area (Å²) < 4.78 is 1.92. The van der Waals surface area contributed by atoms with Crippen molar-refractivity contribution in [3.63, 3.8) is 0 Å². The molecule has 1 aliphatic heterocycles. The summed E-state index contributed by atoms with van der Waals surface area (Å²) in [6.45, 7) is 7.68. The van der Waals surface area contributed by atoms with Gasteiger partial charge in [-0.05, 0) is 58.6 Å². The summed E-state index contributed by atoms with van der Waals surface area (Å²) in [4.78, 5) is 20.2. The van der Waals surface area contributed by atoms with Gasteiger partial charge in [-0.1, -0.05) is 0 Å². The molecule has 2 aromatic rings. The molecule has 2 N–H and O–H groups in total. The fourth-order valence-corrected chi connectivity index (χ4v) is 3.93. The molecular weight excluding hydrogens is 314 g/mol. The van der Waals surface area contributed by atoms with Gasteiger partial charge in [-0.25, -0.2) is 9.67 Å². The minimum absolute atomic E-state index is 0.0982. The van der Waals surface area contributed by atoms with E-state index in [0.29, 0.717) is 18.4 Å². The van der Waals surface area contributed by atoms with E-state index in [9.17, 15) is 4.79 Å². The zero-order valence-electron chi connectivity index (χ0n) is 15.3. The van der Waals surface area contributed by atoms with E-state index in [1.165, 1.54) is 0 Å². The van der Waals surface area contributed by atoms with Crippen molar-refractivity contribution in [3.8, 4) is 0 Å². The van der Waals surface area contributed by atoms with Gasteiger partial charge in [0, 0.05) is 30.2 Å². The van der Waals surface area contributed by atoms with Gasteiger partial charge >= 0.3 is 0 Å². The van der Waals surface area contributed by atoms with E-state index in [0.717, 1.165) is 48.1 Å². The molecule has 0 spiro atoms. The molecule has 134 valence electrons. The fraction of sp³-hybridized carbons (Fsp3) is 0.632. The van der Waals surface area contributed by atoms with E-state index in [-0.39, 0.29) is 18.0 Å². The average Bonchev–Trinajstić information content (AvgIpc) is 3.24. The lowest BCUT2D eigenvalue weighted by Gasteiger charge is -2.22.